The molecule has 20 heavy (non-hydrogen) atoms. The number of benzene rings is 1. The zero-order chi connectivity index (χ0) is 14.3. The van der Waals surface area contributed by atoms with Crippen LogP contribution in [0, 0.1) is 10.1 Å². The Morgan fingerprint density at radius 2 is 2.20 bits per heavy atom. The molecule has 0 spiro atoms. The van der Waals surface area contributed by atoms with Gasteiger partial charge in [0, 0.05) is 12.6 Å². The molecule has 0 aliphatic carbocycles. The Labute approximate surface area is 115 Å². The van der Waals surface area contributed by atoms with Gasteiger partial charge in [0.2, 0.25) is 5.91 Å². The number of fused-ring (bicyclic) bond motifs is 1. The van der Waals surface area contributed by atoms with E-state index in [1.807, 2.05) is 4.90 Å². The van der Waals surface area contributed by atoms with Crippen LogP contribution >= 0.6 is 0 Å². The summed E-state index contributed by atoms with van der Waals surface area (Å²) < 4.78 is 0. The Morgan fingerprint density at radius 3 is 2.95 bits per heavy atom. The number of hydrogen-bond acceptors (Lipinski definition) is 5. The molecular weight excluding hydrogens is 262 g/mol. The van der Waals surface area contributed by atoms with Crippen molar-refractivity contribution in [1.82, 2.24) is 10.2 Å². The number of rotatable bonds is 2. The first kappa shape index (κ1) is 12.9. The van der Waals surface area contributed by atoms with E-state index in [9.17, 15) is 20.0 Å². The molecule has 1 aromatic carbocycles. The maximum absolute atomic E-state index is 11.9. The minimum atomic E-state index is -0.622. The Bertz CT molecular complexity index is 575. The lowest BCUT2D eigenvalue weighted by Gasteiger charge is -2.31. The average Bonchev–Trinajstić information content (AvgIpc) is 2.77. The van der Waals surface area contributed by atoms with Gasteiger partial charge >= 0.3 is 5.69 Å². The number of nitrogens with one attached hydrogen (secondary N) is 1. The quantitative estimate of drug-likeness (QED) is 0.627. The molecule has 3 rings (SSSR count). The SMILES string of the molecule is O=C1NC(c2ccc(O)c([N+](=O)[O-])c2)N2CCCCC12. The predicted molar refractivity (Wildman–Crippen MR) is 70.0 cm³/mol. The number of nitro groups is 1. The van der Waals surface area contributed by atoms with E-state index in [1.165, 1.54) is 12.1 Å². The lowest BCUT2D eigenvalue weighted by atomic mass is 10.0. The van der Waals surface area contributed by atoms with Crippen LogP contribution in [0.1, 0.15) is 31.0 Å². The number of nitrogens with zero attached hydrogens (tertiary/aromatic N) is 2. The fourth-order valence-electron chi connectivity index (χ4n) is 2.99. The van der Waals surface area contributed by atoms with E-state index in [4.69, 9.17) is 0 Å². The van der Waals surface area contributed by atoms with Crippen LogP contribution in [0.3, 0.4) is 0 Å². The van der Waals surface area contributed by atoms with Gasteiger partial charge in [-0.2, -0.15) is 0 Å². The number of nitro benzene ring substituents is 1. The van der Waals surface area contributed by atoms with Crippen molar-refractivity contribution < 1.29 is 14.8 Å². The van der Waals surface area contributed by atoms with Crippen LogP contribution < -0.4 is 5.32 Å². The average molecular weight is 277 g/mol. The molecule has 1 aromatic rings. The Morgan fingerprint density at radius 1 is 1.40 bits per heavy atom. The van der Waals surface area contributed by atoms with Crippen molar-refractivity contribution >= 4 is 11.6 Å². The minimum absolute atomic E-state index is 0.0228. The third-order valence-electron chi connectivity index (χ3n) is 3.97. The van der Waals surface area contributed by atoms with E-state index in [-0.39, 0.29) is 29.6 Å². The van der Waals surface area contributed by atoms with E-state index in [2.05, 4.69) is 5.32 Å². The molecule has 2 saturated heterocycles. The third kappa shape index (κ3) is 2.00. The van der Waals surface area contributed by atoms with Crippen molar-refractivity contribution in [2.75, 3.05) is 6.54 Å². The van der Waals surface area contributed by atoms with E-state index in [0.29, 0.717) is 5.56 Å². The number of carbonyl (C=O) groups excluding carboxylic acids is 1. The normalized spacial score (nSPS) is 26.1. The largest absolute Gasteiger partial charge is 0.502 e. The highest BCUT2D eigenvalue weighted by molar-refractivity contribution is 5.84. The second-order valence-electron chi connectivity index (χ2n) is 5.17. The lowest BCUT2D eigenvalue weighted by Crippen LogP contribution is -2.38. The zero-order valence-corrected chi connectivity index (χ0v) is 10.8. The molecule has 0 saturated carbocycles. The monoisotopic (exact) mass is 277 g/mol. The molecule has 7 nitrogen and oxygen atoms in total. The van der Waals surface area contributed by atoms with Crippen molar-refractivity contribution in [3.8, 4) is 5.75 Å². The molecule has 2 fully saturated rings. The fraction of sp³-hybridized carbons (Fsp3) is 0.462. The number of aromatic hydroxyl groups is 1. The summed E-state index contributed by atoms with van der Waals surface area (Å²) in [5, 5.41) is 23.3. The number of phenols is 1. The van der Waals surface area contributed by atoms with Gasteiger partial charge < -0.3 is 10.4 Å². The van der Waals surface area contributed by atoms with Crippen molar-refractivity contribution in [2.24, 2.45) is 0 Å². The van der Waals surface area contributed by atoms with Crippen LogP contribution in [0.5, 0.6) is 5.75 Å². The standard InChI is InChI=1S/C13H15N3O4/c17-11-5-4-8(7-10(11)16(19)20)12-14-13(18)9-3-1-2-6-15(9)12/h4-5,7,9,12,17H,1-3,6H2,(H,14,18). The third-order valence-corrected chi connectivity index (χ3v) is 3.97. The van der Waals surface area contributed by atoms with Gasteiger partial charge in [0.25, 0.3) is 0 Å². The predicted octanol–water partition coefficient (Wildman–Crippen LogP) is 1.28. The summed E-state index contributed by atoms with van der Waals surface area (Å²) in [6, 6.07) is 4.11. The zero-order valence-electron chi connectivity index (χ0n) is 10.8. The first-order valence-corrected chi connectivity index (χ1v) is 6.61. The molecule has 2 aliphatic rings. The number of carbonyl (C=O) groups is 1. The molecule has 0 aromatic heterocycles. The molecule has 2 heterocycles. The van der Waals surface area contributed by atoms with Gasteiger partial charge in [-0.3, -0.25) is 19.8 Å². The molecule has 2 aliphatic heterocycles. The summed E-state index contributed by atoms with van der Waals surface area (Å²) in [4.78, 5) is 24.2. The van der Waals surface area contributed by atoms with E-state index < -0.39 is 4.92 Å². The molecule has 1 amide bonds. The van der Waals surface area contributed by atoms with Crippen molar-refractivity contribution in [3.05, 3.63) is 33.9 Å². The highest BCUT2D eigenvalue weighted by Gasteiger charge is 2.41. The summed E-state index contributed by atoms with van der Waals surface area (Å²) >= 11 is 0. The molecule has 0 radical (unpaired) electrons. The first-order chi connectivity index (χ1) is 9.58. The van der Waals surface area contributed by atoms with Gasteiger partial charge in [-0.1, -0.05) is 12.5 Å². The molecule has 106 valence electrons. The number of phenolic OH excluding ortho intramolecular Hbond substituents is 1. The number of piperidine rings is 1. The van der Waals surface area contributed by atoms with E-state index in [1.54, 1.807) is 6.07 Å². The summed E-state index contributed by atoms with van der Waals surface area (Å²) in [6.07, 6.45) is 2.52. The van der Waals surface area contributed by atoms with Gasteiger partial charge in [-0.15, -0.1) is 0 Å². The van der Waals surface area contributed by atoms with E-state index in [0.717, 1.165) is 25.8 Å². The number of hydrogen-bond donors (Lipinski definition) is 2. The van der Waals surface area contributed by atoms with Crippen LogP contribution in [-0.2, 0) is 4.79 Å². The van der Waals surface area contributed by atoms with Gasteiger partial charge in [-0.25, -0.2) is 0 Å². The topological polar surface area (TPSA) is 95.7 Å². The maximum atomic E-state index is 11.9. The number of amides is 1. The fourth-order valence-corrected chi connectivity index (χ4v) is 2.99. The minimum Gasteiger partial charge on any atom is -0.502 e. The second-order valence-corrected chi connectivity index (χ2v) is 5.17. The van der Waals surface area contributed by atoms with Crippen LogP contribution in [0.4, 0.5) is 5.69 Å². The summed E-state index contributed by atoms with van der Waals surface area (Å²) in [7, 11) is 0. The second kappa shape index (κ2) is 4.75. The molecule has 7 heteroatoms. The molecular formula is C13H15N3O4. The Hall–Kier alpha value is -2.15. The Balaban J connectivity index is 1.95. The van der Waals surface area contributed by atoms with Gasteiger partial charge in [0.15, 0.2) is 5.75 Å². The summed E-state index contributed by atoms with van der Waals surface area (Å²) in [5.74, 6) is -0.385. The van der Waals surface area contributed by atoms with Gasteiger partial charge in [0.1, 0.15) is 6.17 Å². The molecule has 0 bridgehead atoms. The van der Waals surface area contributed by atoms with Crippen LogP contribution in [0.2, 0.25) is 0 Å². The first-order valence-electron chi connectivity index (χ1n) is 6.61. The van der Waals surface area contributed by atoms with Gasteiger partial charge in [-0.05, 0) is 24.5 Å². The van der Waals surface area contributed by atoms with Crippen molar-refractivity contribution in [3.63, 3.8) is 0 Å². The molecule has 2 atom stereocenters. The summed E-state index contributed by atoms with van der Waals surface area (Å²) in [5.41, 5.74) is 0.296. The van der Waals surface area contributed by atoms with Crippen LogP contribution in [-0.4, -0.2) is 33.4 Å². The molecule has 2 unspecified atom stereocenters. The lowest BCUT2D eigenvalue weighted by molar-refractivity contribution is -0.386. The van der Waals surface area contributed by atoms with Gasteiger partial charge in [0.05, 0.1) is 11.0 Å². The van der Waals surface area contributed by atoms with Crippen LogP contribution in [0.15, 0.2) is 18.2 Å². The molecule has 2 N–H and O–H groups in total. The van der Waals surface area contributed by atoms with Crippen molar-refractivity contribution in [2.45, 2.75) is 31.5 Å². The highest BCUT2D eigenvalue weighted by atomic mass is 16.6. The Kier molecular flexibility index (Phi) is 3.06. The summed E-state index contributed by atoms with van der Waals surface area (Å²) in [6.45, 7) is 0.794. The van der Waals surface area contributed by atoms with Crippen LogP contribution in [0.25, 0.3) is 0 Å². The van der Waals surface area contributed by atoms with E-state index >= 15 is 0 Å². The highest BCUT2D eigenvalue weighted by Crippen LogP contribution is 2.35. The smallest absolute Gasteiger partial charge is 0.311 e. The maximum Gasteiger partial charge on any atom is 0.311 e. The van der Waals surface area contributed by atoms with Crippen molar-refractivity contribution in [1.29, 1.82) is 0 Å².